The maximum atomic E-state index is 12.7. The van der Waals surface area contributed by atoms with Crippen LogP contribution in [0.5, 0.6) is 0 Å². The molecule has 1 N–H and O–H groups in total. The van der Waals surface area contributed by atoms with Crippen molar-refractivity contribution in [2.24, 2.45) is 0 Å². The number of hydrogen-bond donors (Lipinski definition) is 1. The molecule has 0 saturated heterocycles. The largest absolute Gasteiger partial charge is 0.310 e. The summed E-state index contributed by atoms with van der Waals surface area (Å²) in [4.78, 5) is 1.09. The molecule has 16 heavy (non-hydrogen) atoms. The van der Waals surface area contributed by atoms with Gasteiger partial charge in [0.15, 0.2) is 0 Å². The van der Waals surface area contributed by atoms with E-state index in [-0.39, 0.29) is 5.82 Å². The maximum Gasteiger partial charge on any atom is 0.123 e. The second kappa shape index (κ2) is 7.47. The Morgan fingerprint density at radius 3 is 2.69 bits per heavy atom. The van der Waals surface area contributed by atoms with Gasteiger partial charge in [-0.2, -0.15) is 0 Å². The van der Waals surface area contributed by atoms with Gasteiger partial charge >= 0.3 is 0 Å². The predicted molar refractivity (Wildman–Crippen MR) is 69.4 cm³/mol. The molecule has 1 atom stereocenters. The third kappa shape index (κ3) is 4.81. The molecule has 0 radical (unpaired) electrons. The van der Waals surface area contributed by atoms with E-state index in [0.717, 1.165) is 23.6 Å². The first-order valence-electron chi connectivity index (χ1n) is 5.50. The van der Waals surface area contributed by atoms with Crippen molar-refractivity contribution >= 4 is 11.8 Å². The van der Waals surface area contributed by atoms with Crippen LogP contribution in [0.1, 0.15) is 13.3 Å². The van der Waals surface area contributed by atoms with Crippen LogP contribution in [0, 0.1) is 5.82 Å². The summed E-state index contributed by atoms with van der Waals surface area (Å²) in [6.45, 7) is 6.94. The number of thioether (sulfide) groups is 1. The van der Waals surface area contributed by atoms with Crippen molar-refractivity contribution in [3.8, 4) is 0 Å². The van der Waals surface area contributed by atoms with Crippen molar-refractivity contribution in [1.29, 1.82) is 0 Å². The minimum absolute atomic E-state index is 0.186. The lowest BCUT2D eigenvalue weighted by Gasteiger charge is -2.13. The van der Waals surface area contributed by atoms with Crippen molar-refractivity contribution < 1.29 is 4.39 Å². The highest BCUT2D eigenvalue weighted by atomic mass is 32.2. The van der Waals surface area contributed by atoms with Gasteiger partial charge < -0.3 is 5.32 Å². The molecule has 0 spiro atoms. The van der Waals surface area contributed by atoms with Crippen LogP contribution in [-0.2, 0) is 0 Å². The zero-order valence-corrected chi connectivity index (χ0v) is 10.4. The second-order valence-electron chi connectivity index (χ2n) is 3.56. The Kier molecular flexibility index (Phi) is 6.19. The van der Waals surface area contributed by atoms with Gasteiger partial charge in [0.1, 0.15) is 5.82 Å². The SMILES string of the molecule is C=CC(CSc1ccc(F)cc1)NCCC. The molecule has 0 saturated carbocycles. The molecule has 0 aromatic heterocycles. The van der Waals surface area contributed by atoms with E-state index in [9.17, 15) is 4.39 Å². The molecule has 0 heterocycles. The number of rotatable bonds is 7. The third-order valence-electron chi connectivity index (χ3n) is 2.18. The van der Waals surface area contributed by atoms with Gasteiger partial charge in [-0.1, -0.05) is 13.0 Å². The van der Waals surface area contributed by atoms with Crippen LogP contribution in [-0.4, -0.2) is 18.3 Å². The van der Waals surface area contributed by atoms with Crippen LogP contribution >= 0.6 is 11.8 Å². The van der Waals surface area contributed by atoms with E-state index in [4.69, 9.17) is 0 Å². The summed E-state index contributed by atoms with van der Waals surface area (Å²) < 4.78 is 12.7. The first kappa shape index (κ1) is 13.3. The Bertz CT molecular complexity index is 310. The molecule has 1 rings (SSSR count). The summed E-state index contributed by atoms with van der Waals surface area (Å²) in [7, 11) is 0. The minimum Gasteiger partial charge on any atom is -0.310 e. The number of nitrogens with one attached hydrogen (secondary N) is 1. The summed E-state index contributed by atoms with van der Waals surface area (Å²) in [5.41, 5.74) is 0. The van der Waals surface area contributed by atoms with Crippen LogP contribution < -0.4 is 5.32 Å². The van der Waals surface area contributed by atoms with Gasteiger partial charge in [0.25, 0.3) is 0 Å². The first-order valence-corrected chi connectivity index (χ1v) is 6.49. The van der Waals surface area contributed by atoms with Gasteiger partial charge in [0.2, 0.25) is 0 Å². The summed E-state index contributed by atoms with van der Waals surface area (Å²) in [6, 6.07) is 6.91. The van der Waals surface area contributed by atoms with Crippen molar-refractivity contribution in [2.75, 3.05) is 12.3 Å². The van der Waals surface area contributed by atoms with E-state index in [2.05, 4.69) is 18.8 Å². The number of hydrogen-bond acceptors (Lipinski definition) is 2. The fraction of sp³-hybridized carbons (Fsp3) is 0.385. The molecule has 88 valence electrons. The van der Waals surface area contributed by atoms with Gasteiger partial charge in [-0.05, 0) is 37.2 Å². The van der Waals surface area contributed by atoms with Crippen LogP contribution in [0.2, 0.25) is 0 Å². The van der Waals surface area contributed by atoms with E-state index in [1.54, 1.807) is 23.9 Å². The summed E-state index contributed by atoms with van der Waals surface area (Å²) in [5, 5.41) is 3.39. The van der Waals surface area contributed by atoms with E-state index in [1.165, 1.54) is 12.1 Å². The highest BCUT2D eigenvalue weighted by Crippen LogP contribution is 2.19. The Hall–Kier alpha value is -0.800. The van der Waals surface area contributed by atoms with Crippen molar-refractivity contribution in [1.82, 2.24) is 5.32 Å². The molecule has 1 unspecified atom stereocenters. The van der Waals surface area contributed by atoms with Crippen LogP contribution in [0.15, 0.2) is 41.8 Å². The zero-order valence-electron chi connectivity index (χ0n) is 9.58. The lowest BCUT2D eigenvalue weighted by atomic mass is 10.3. The molecule has 0 amide bonds. The lowest BCUT2D eigenvalue weighted by Crippen LogP contribution is -2.29. The quantitative estimate of drug-likeness (QED) is 0.577. The second-order valence-corrected chi connectivity index (χ2v) is 4.65. The van der Waals surface area contributed by atoms with Gasteiger partial charge in [-0.15, -0.1) is 18.3 Å². The molecule has 1 aromatic rings. The molecular formula is C13H18FNS. The van der Waals surface area contributed by atoms with E-state index >= 15 is 0 Å². The number of halogens is 1. The molecule has 3 heteroatoms. The average Bonchev–Trinajstić information content (AvgIpc) is 2.32. The van der Waals surface area contributed by atoms with Crippen LogP contribution in [0.3, 0.4) is 0 Å². The van der Waals surface area contributed by atoms with Crippen LogP contribution in [0.25, 0.3) is 0 Å². The van der Waals surface area contributed by atoms with E-state index in [1.807, 2.05) is 6.08 Å². The van der Waals surface area contributed by atoms with Gasteiger partial charge in [-0.3, -0.25) is 0 Å². The standard InChI is InChI=1S/C13H18FNS/c1-3-9-15-12(4-2)10-16-13-7-5-11(14)6-8-13/h4-8,12,15H,2-3,9-10H2,1H3. The van der Waals surface area contributed by atoms with E-state index in [0.29, 0.717) is 6.04 Å². The molecule has 0 aliphatic carbocycles. The molecule has 1 aromatic carbocycles. The predicted octanol–water partition coefficient (Wildman–Crippen LogP) is 3.47. The number of benzene rings is 1. The third-order valence-corrected chi connectivity index (χ3v) is 3.32. The fourth-order valence-corrected chi connectivity index (χ4v) is 2.21. The topological polar surface area (TPSA) is 12.0 Å². The van der Waals surface area contributed by atoms with Gasteiger partial charge in [0, 0.05) is 16.7 Å². The molecular weight excluding hydrogens is 221 g/mol. The highest BCUT2D eigenvalue weighted by Gasteiger charge is 2.03. The monoisotopic (exact) mass is 239 g/mol. The minimum atomic E-state index is -0.186. The Morgan fingerprint density at radius 2 is 2.12 bits per heavy atom. The van der Waals surface area contributed by atoms with Crippen molar-refractivity contribution in [3.63, 3.8) is 0 Å². The Labute approximate surface area is 101 Å². The molecule has 0 aliphatic rings. The smallest absolute Gasteiger partial charge is 0.123 e. The molecule has 1 nitrogen and oxygen atoms in total. The lowest BCUT2D eigenvalue weighted by molar-refractivity contribution is 0.626. The highest BCUT2D eigenvalue weighted by molar-refractivity contribution is 7.99. The average molecular weight is 239 g/mol. The normalized spacial score (nSPS) is 12.4. The van der Waals surface area contributed by atoms with E-state index < -0.39 is 0 Å². The Balaban J connectivity index is 2.37. The molecule has 0 fully saturated rings. The molecule has 0 aliphatic heterocycles. The van der Waals surface area contributed by atoms with Crippen molar-refractivity contribution in [3.05, 3.63) is 42.7 Å². The molecule has 0 bridgehead atoms. The summed E-state index contributed by atoms with van der Waals surface area (Å²) >= 11 is 1.71. The Morgan fingerprint density at radius 1 is 1.44 bits per heavy atom. The summed E-state index contributed by atoms with van der Waals surface area (Å²) in [5.74, 6) is 0.739. The zero-order chi connectivity index (χ0) is 11.8. The maximum absolute atomic E-state index is 12.7. The summed E-state index contributed by atoms with van der Waals surface area (Å²) in [6.07, 6.45) is 3.04. The van der Waals surface area contributed by atoms with Crippen LogP contribution in [0.4, 0.5) is 4.39 Å². The fourth-order valence-electron chi connectivity index (χ4n) is 1.26. The first-order chi connectivity index (χ1) is 7.76. The van der Waals surface area contributed by atoms with Crippen molar-refractivity contribution in [2.45, 2.75) is 24.3 Å². The van der Waals surface area contributed by atoms with Gasteiger partial charge in [-0.25, -0.2) is 4.39 Å². The van der Waals surface area contributed by atoms with Gasteiger partial charge in [0.05, 0.1) is 0 Å².